The van der Waals surface area contributed by atoms with Gasteiger partial charge in [-0.1, -0.05) is 18.2 Å². The first-order valence-corrected chi connectivity index (χ1v) is 5.26. The molecule has 0 saturated carbocycles. The van der Waals surface area contributed by atoms with Crippen molar-refractivity contribution in [1.82, 2.24) is 0 Å². The SMILES string of the molecule is [C]1Cc2cccc3c2[C@@H](C1)CCC3. The predicted octanol–water partition coefficient (Wildman–Crippen LogP) is 3.13. The molecule has 0 heteroatoms. The van der Waals surface area contributed by atoms with E-state index in [9.17, 15) is 0 Å². The summed E-state index contributed by atoms with van der Waals surface area (Å²) in [5.41, 5.74) is 4.86. The van der Waals surface area contributed by atoms with E-state index in [-0.39, 0.29) is 0 Å². The number of rotatable bonds is 0. The van der Waals surface area contributed by atoms with E-state index in [0.717, 1.165) is 12.3 Å². The molecule has 0 heterocycles. The van der Waals surface area contributed by atoms with Gasteiger partial charge in [0.05, 0.1) is 0 Å². The van der Waals surface area contributed by atoms with E-state index in [2.05, 4.69) is 24.6 Å². The highest BCUT2D eigenvalue weighted by atomic mass is 14.3. The van der Waals surface area contributed by atoms with Gasteiger partial charge in [0.25, 0.3) is 0 Å². The Morgan fingerprint density at radius 3 is 3.15 bits per heavy atom. The summed E-state index contributed by atoms with van der Waals surface area (Å²) in [6, 6.07) is 6.81. The van der Waals surface area contributed by atoms with Gasteiger partial charge in [0.1, 0.15) is 0 Å². The normalized spacial score (nSPS) is 21.2. The number of hydrogen-bond acceptors (Lipinski definition) is 0. The molecule has 0 fully saturated rings. The summed E-state index contributed by atoms with van der Waals surface area (Å²) < 4.78 is 0. The second-order valence-electron chi connectivity index (χ2n) is 4.21. The second kappa shape index (κ2) is 2.87. The molecular formula is C13H14. The van der Waals surface area contributed by atoms with Crippen molar-refractivity contribution >= 4 is 0 Å². The summed E-state index contributed by atoms with van der Waals surface area (Å²) in [5, 5.41) is 0. The Balaban J connectivity index is 2.18. The van der Waals surface area contributed by atoms with Crippen molar-refractivity contribution in [2.24, 2.45) is 0 Å². The predicted molar refractivity (Wildman–Crippen MR) is 53.7 cm³/mol. The number of aryl methyl sites for hydroxylation is 1. The van der Waals surface area contributed by atoms with Gasteiger partial charge in [-0.25, -0.2) is 0 Å². The largest absolute Gasteiger partial charge is 0.0617 e. The molecule has 2 aliphatic rings. The van der Waals surface area contributed by atoms with Crippen molar-refractivity contribution in [3.05, 3.63) is 41.3 Å². The van der Waals surface area contributed by atoms with Crippen molar-refractivity contribution in [2.75, 3.05) is 0 Å². The Bertz CT molecular complexity index is 297. The van der Waals surface area contributed by atoms with Crippen LogP contribution in [-0.4, -0.2) is 0 Å². The Morgan fingerprint density at radius 1 is 1.23 bits per heavy atom. The third kappa shape index (κ3) is 1.12. The lowest BCUT2D eigenvalue weighted by molar-refractivity contribution is 0.522. The van der Waals surface area contributed by atoms with Gasteiger partial charge in [0.15, 0.2) is 0 Å². The second-order valence-corrected chi connectivity index (χ2v) is 4.21. The van der Waals surface area contributed by atoms with Crippen LogP contribution in [0, 0.1) is 6.42 Å². The minimum atomic E-state index is 0.814. The molecule has 13 heavy (non-hydrogen) atoms. The molecule has 0 N–H and O–H groups in total. The Hall–Kier alpha value is -0.780. The van der Waals surface area contributed by atoms with Gasteiger partial charge in [-0.15, -0.1) is 0 Å². The van der Waals surface area contributed by atoms with Gasteiger partial charge >= 0.3 is 0 Å². The first-order valence-electron chi connectivity index (χ1n) is 5.26. The molecule has 0 spiro atoms. The molecule has 0 nitrogen and oxygen atoms in total. The van der Waals surface area contributed by atoms with Crippen molar-refractivity contribution in [1.29, 1.82) is 0 Å². The van der Waals surface area contributed by atoms with E-state index in [0.29, 0.717) is 0 Å². The molecule has 66 valence electrons. The summed E-state index contributed by atoms with van der Waals surface area (Å²) >= 11 is 0. The molecule has 0 aliphatic heterocycles. The highest BCUT2D eigenvalue weighted by Crippen LogP contribution is 2.40. The lowest BCUT2D eigenvalue weighted by Gasteiger charge is -2.31. The minimum Gasteiger partial charge on any atom is -0.0617 e. The zero-order valence-electron chi connectivity index (χ0n) is 7.84. The molecule has 3 rings (SSSR count). The van der Waals surface area contributed by atoms with Crippen LogP contribution in [0.15, 0.2) is 18.2 Å². The van der Waals surface area contributed by atoms with Crippen molar-refractivity contribution < 1.29 is 0 Å². The fourth-order valence-corrected chi connectivity index (χ4v) is 2.83. The molecule has 1 atom stereocenters. The van der Waals surface area contributed by atoms with Gasteiger partial charge in [-0.05, 0) is 61.1 Å². The Kier molecular flexibility index (Phi) is 1.68. The van der Waals surface area contributed by atoms with Crippen LogP contribution in [0.5, 0.6) is 0 Å². The molecule has 1 aromatic rings. The third-order valence-corrected chi connectivity index (χ3v) is 3.40. The van der Waals surface area contributed by atoms with Crippen LogP contribution < -0.4 is 0 Å². The van der Waals surface area contributed by atoms with Crippen LogP contribution in [0.1, 0.15) is 41.9 Å². The lowest BCUT2D eigenvalue weighted by Crippen LogP contribution is -2.17. The summed E-state index contributed by atoms with van der Waals surface area (Å²) in [7, 11) is 0. The highest BCUT2D eigenvalue weighted by molar-refractivity contribution is 5.42. The average Bonchev–Trinajstić information content (AvgIpc) is 2.19. The first-order chi connectivity index (χ1) is 6.45. The molecule has 0 aromatic heterocycles. The molecule has 0 amide bonds. The van der Waals surface area contributed by atoms with Crippen LogP contribution in [0.2, 0.25) is 0 Å². The highest BCUT2D eigenvalue weighted by Gasteiger charge is 2.25. The zero-order chi connectivity index (χ0) is 8.67. The van der Waals surface area contributed by atoms with E-state index < -0.39 is 0 Å². The summed E-state index contributed by atoms with van der Waals surface area (Å²) in [5.74, 6) is 0.814. The molecule has 0 unspecified atom stereocenters. The summed E-state index contributed by atoms with van der Waals surface area (Å²) in [6.45, 7) is 0. The van der Waals surface area contributed by atoms with Crippen molar-refractivity contribution in [2.45, 2.75) is 38.0 Å². The van der Waals surface area contributed by atoms with Crippen LogP contribution in [0.4, 0.5) is 0 Å². The van der Waals surface area contributed by atoms with Crippen LogP contribution in [0.3, 0.4) is 0 Å². The molecule has 2 aliphatic carbocycles. The van der Waals surface area contributed by atoms with E-state index in [1.807, 2.05) is 0 Å². The topological polar surface area (TPSA) is 0 Å². The van der Waals surface area contributed by atoms with E-state index >= 15 is 0 Å². The van der Waals surface area contributed by atoms with Crippen molar-refractivity contribution in [3.8, 4) is 0 Å². The van der Waals surface area contributed by atoms with Crippen LogP contribution in [-0.2, 0) is 12.8 Å². The monoisotopic (exact) mass is 170 g/mol. The van der Waals surface area contributed by atoms with E-state index in [4.69, 9.17) is 0 Å². The van der Waals surface area contributed by atoms with Crippen LogP contribution in [0.25, 0.3) is 0 Å². The third-order valence-electron chi connectivity index (χ3n) is 3.40. The first kappa shape index (κ1) is 7.61. The smallest absolute Gasteiger partial charge is 0.0120 e. The molecule has 1 aromatic carbocycles. The quantitative estimate of drug-likeness (QED) is 0.561. The molecule has 0 saturated heterocycles. The molecule has 2 radical (unpaired) electrons. The minimum absolute atomic E-state index is 0.814. The maximum Gasteiger partial charge on any atom is -0.0120 e. The number of hydrogen-bond donors (Lipinski definition) is 0. The maximum absolute atomic E-state index is 3.50. The van der Waals surface area contributed by atoms with Gasteiger partial charge < -0.3 is 0 Å². The standard InChI is InChI=1S/C13H14/c1-4-10-6-2-8-12-9-3-7-11(5-1)13(10)12/h1,4-5,12H,2,6-9H2/t12-/m1/s1. The Labute approximate surface area is 80.0 Å². The summed E-state index contributed by atoms with van der Waals surface area (Å²) in [6.07, 6.45) is 9.85. The van der Waals surface area contributed by atoms with Gasteiger partial charge in [0.2, 0.25) is 0 Å². The van der Waals surface area contributed by atoms with Gasteiger partial charge in [-0.3, -0.25) is 0 Å². The van der Waals surface area contributed by atoms with Crippen molar-refractivity contribution in [3.63, 3.8) is 0 Å². The number of benzene rings is 1. The van der Waals surface area contributed by atoms with E-state index in [1.165, 1.54) is 25.7 Å². The fraction of sp³-hybridized carbons (Fsp3) is 0.462. The van der Waals surface area contributed by atoms with Crippen LogP contribution >= 0.6 is 0 Å². The maximum atomic E-state index is 3.50. The van der Waals surface area contributed by atoms with Gasteiger partial charge in [-0.2, -0.15) is 0 Å². The zero-order valence-corrected chi connectivity index (χ0v) is 7.84. The Morgan fingerprint density at radius 2 is 2.15 bits per heavy atom. The van der Waals surface area contributed by atoms with Gasteiger partial charge in [0, 0.05) is 0 Å². The summed E-state index contributed by atoms with van der Waals surface area (Å²) in [4.78, 5) is 0. The molecule has 0 bridgehead atoms. The average molecular weight is 170 g/mol. The molecular weight excluding hydrogens is 156 g/mol. The fourth-order valence-electron chi connectivity index (χ4n) is 2.83. The van der Waals surface area contributed by atoms with E-state index in [1.54, 1.807) is 16.7 Å². The lowest BCUT2D eigenvalue weighted by atomic mass is 9.74.